The third-order valence-electron chi connectivity index (χ3n) is 4.85. The predicted molar refractivity (Wildman–Crippen MR) is 112 cm³/mol. The van der Waals surface area contributed by atoms with Gasteiger partial charge in [0.1, 0.15) is 0 Å². The highest BCUT2D eigenvalue weighted by Gasteiger charge is 2.24. The molecule has 144 valence electrons. The zero-order chi connectivity index (χ0) is 19.5. The van der Waals surface area contributed by atoms with Crippen molar-refractivity contribution >= 4 is 22.4 Å². The third kappa shape index (κ3) is 4.17. The molecule has 28 heavy (non-hydrogen) atoms. The minimum Gasteiger partial charge on any atom is -0.396 e. The van der Waals surface area contributed by atoms with Gasteiger partial charge >= 0.3 is 0 Å². The molecule has 1 unspecified atom stereocenters. The number of nitrogens with zero attached hydrogens (tertiary/aromatic N) is 2. The first-order valence-corrected chi connectivity index (χ1v) is 11.1. The highest BCUT2D eigenvalue weighted by Crippen LogP contribution is 2.29. The molecule has 1 N–H and O–H groups in total. The lowest BCUT2D eigenvalue weighted by atomic mass is 10.0. The first-order valence-electron chi connectivity index (χ1n) is 9.37. The number of rotatable bonds is 5. The van der Waals surface area contributed by atoms with Gasteiger partial charge in [0.2, 0.25) is 0 Å². The van der Waals surface area contributed by atoms with Gasteiger partial charge in [-0.05, 0) is 42.5 Å². The summed E-state index contributed by atoms with van der Waals surface area (Å²) < 4.78 is 12.7. The molecule has 1 atom stereocenters. The van der Waals surface area contributed by atoms with Gasteiger partial charge in [0.05, 0.1) is 27.1 Å². The smallest absolute Gasteiger partial charge is 0.159 e. The van der Waals surface area contributed by atoms with E-state index in [-0.39, 0.29) is 6.61 Å². The Morgan fingerprint density at radius 2 is 1.86 bits per heavy atom. The summed E-state index contributed by atoms with van der Waals surface area (Å²) >= 11 is 6.15. The molecular formula is C22H21ClN2O2S. The van der Waals surface area contributed by atoms with Crippen LogP contribution in [0, 0.1) is 0 Å². The standard InChI is InChI=1S/C22H21ClN2O2S/c23-18-4-1-3-17(14-18)22-24-19-5-2-12-28(27)21(19)20(25-22)13-16-8-6-15(7-9-16)10-11-26/h1,3-4,6-9,14,26H,2,5,10-13H2. The lowest BCUT2D eigenvalue weighted by Gasteiger charge is -2.19. The van der Waals surface area contributed by atoms with E-state index in [1.165, 1.54) is 0 Å². The Morgan fingerprint density at radius 3 is 2.61 bits per heavy atom. The van der Waals surface area contributed by atoms with Gasteiger partial charge in [0.15, 0.2) is 5.82 Å². The second-order valence-electron chi connectivity index (χ2n) is 6.90. The molecule has 0 radical (unpaired) electrons. The molecule has 6 heteroatoms. The zero-order valence-corrected chi connectivity index (χ0v) is 17.0. The fourth-order valence-electron chi connectivity index (χ4n) is 3.48. The number of benzene rings is 2. The highest BCUT2D eigenvalue weighted by molar-refractivity contribution is 7.85. The third-order valence-corrected chi connectivity index (χ3v) is 6.68. The van der Waals surface area contributed by atoms with E-state index >= 15 is 0 Å². The largest absolute Gasteiger partial charge is 0.396 e. The summed E-state index contributed by atoms with van der Waals surface area (Å²) in [5.41, 5.74) is 4.78. The Bertz CT molecular complexity index is 1020. The van der Waals surface area contributed by atoms with Crippen molar-refractivity contribution in [3.63, 3.8) is 0 Å². The Hall–Kier alpha value is -2.08. The molecule has 0 spiro atoms. The van der Waals surface area contributed by atoms with Crippen LogP contribution < -0.4 is 0 Å². The van der Waals surface area contributed by atoms with Crippen LogP contribution in [0.3, 0.4) is 0 Å². The molecule has 0 amide bonds. The van der Waals surface area contributed by atoms with Gasteiger partial charge in [-0.2, -0.15) is 0 Å². The van der Waals surface area contributed by atoms with Crippen molar-refractivity contribution < 1.29 is 9.32 Å². The summed E-state index contributed by atoms with van der Waals surface area (Å²) in [6.07, 6.45) is 2.94. The number of hydrogen-bond acceptors (Lipinski definition) is 4. The Labute approximate surface area is 172 Å². The van der Waals surface area contributed by atoms with Gasteiger partial charge in [0, 0.05) is 29.4 Å². The van der Waals surface area contributed by atoms with Crippen LogP contribution in [0.1, 0.15) is 28.9 Å². The molecule has 1 aliphatic heterocycles. The number of aliphatic hydroxyl groups is 1. The normalized spacial score (nSPS) is 16.0. The highest BCUT2D eigenvalue weighted by atomic mass is 35.5. The van der Waals surface area contributed by atoms with Crippen molar-refractivity contribution in [2.75, 3.05) is 12.4 Å². The molecule has 1 aliphatic rings. The number of halogens is 1. The molecule has 4 nitrogen and oxygen atoms in total. The quantitative estimate of drug-likeness (QED) is 0.688. The minimum absolute atomic E-state index is 0.140. The van der Waals surface area contributed by atoms with E-state index in [4.69, 9.17) is 26.7 Å². The summed E-state index contributed by atoms with van der Waals surface area (Å²) in [7, 11) is -1.06. The molecule has 0 bridgehead atoms. The fourth-order valence-corrected chi connectivity index (χ4v) is 5.07. The molecule has 4 rings (SSSR count). The van der Waals surface area contributed by atoms with Gasteiger partial charge in [0.25, 0.3) is 0 Å². The van der Waals surface area contributed by atoms with Crippen LogP contribution in [0.4, 0.5) is 0 Å². The lowest BCUT2D eigenvalue weighted by molar-refractivity contribution is 0.299. The SMILES string of the molecule is O=S1CCCc2nc(-c3cccc(Cl)c3)nc(Cc3ccc(CCO)cc3)c21. The summed E-state index contributed by atoms with van der Waals surface area (Å²) in [4.78, 5) is 10.3. The average Bonchev–Trinajstić information content (AvgIpc) is 2.69. The van der Waals surface area contributed by atoms with E-state index in [0.29, 0.717) is 29.4 Å². The van der Waals surface area contributed by atoms with E-state index in [1.807, 2.05) is 48.5 Å². The number of aromatic nitrogens is 2. The molecule has 0 saturated carbocycles. The van der Waals surface area contributed by atoms with Crippen molar-refractivity contribution in [1.82, 2.24) is 9.97 Å². The van der Waals surface area contributed by atoms with Crippen LogP contribution in [0.25, 0.3) is 11.4 Å². The van der Waals surface area contributed by atoms with Crippen molar-refractivity contribution in [2.24, 2.45) is 0 Å². The van der Waals surface area contributed by atoms with Crippen LogP contribution >= 0.6 is 11.6 Å². The second-order valence-corrected chi connectivity index (χ2v) is 8.84. The summed E-state index contributed by atoms with van der Waals surface area (Å²) in [6, 6.07) is 15.7. The summed E-state index contributed by atoms with van der Waals surface area (Å²) in [5.74, 6) is 1.29. The summed E-state index contributed by atoms with van der Waals surface area (Å²) in [6.45, 7) is 0.140. The van der Waals surface area contributed by atoms with E-state index < -0.39 is 10.8 Å². The van der Waals surface area contributed by atoms with Crippen molar-refractivity contribution in [1.29, 1.82) is 0 Å². The van der Waals surface area contributed by atoms with E-state index in [1.54, 1.807) is 0 Å². The molecule has 0 fully saturated rings. The molecule has 2 aromatic carbocycles. The fraction of sp³-hybridized carbons (Fsp3) is 0.273. The molecule has 0 aliphatic carbocycles. The first-order chi connectivity index (χ1) is 13.6. The monoisotopic (exact) mass is 412 g/mol. The maximum absolute atomic E-state index is 12.7. The summed E-state index contributed by atoms with van der Waals surface area (Å²) in [5, 5.41) is 9.73. The van der Waals surface area contributed by atoms with Crippen LogP contribution in [0.2, 0.25) is 5.02 Å². The Kier molecular flexibility index (Phi) is 5.85. The molecular weight excluding hydrogens is 392 g/mol. The van der Waals surface area contributed by atoms with Gasteiger partial charge in [-0.1, -0.05) is 48.0 Å². The van der Waals surface area contributed by atoms with Gasteiger partial charge in [-0.15, -0.1) is 0 Å². The van der Waals surface area contributed by atoms with Crippen LogP contribution in [0.5, 0.6) is 0 Å². The van der Waals surface area contributed by atoms with Crippen LogP contribution in [-0.2, 0) is 30.1 Å². The maximum Gasteiger partial charge on any atom is 0.159 e. The maximum atomic E-state index is 12.7. The van der Waals surface area contributed by atoms with Gasteiger partial charge in [-0.25, -0.2) is 9.97 Å². The lowest BCUT2D eigenvalue weighted by Crippen LogP contribution is -2.17. The average molecular weight is 413 g/mol. The first kappa shape index (κ1) is 19.2. The molecule has 1 aromatic heterocycles. The Morgan fingerprint density at radius 1 is 1.07 bits per heavy atom. The minimum atomic E-state index is -1.06. The Balaban J connectivity index is 1.75. The zero-order valence-electron chi connectivity index (χ0n) is 15.4. The van der Waals surface area contributed by atoms with Crippen molar-refractivity contribution in [2.45, 2.75) is 30.6 Å². The molecule has 0 saturated heterocycles. The van der Waals surface area contributed by atoms with Gasteiger partial charge < -0.3 is 5.11 Å². The van der Waals surface area contributed by atoms with Crippen LogP contribution in [-0.4, -0.2) is 31.6 Å². The number of aliphatic hydroxyl groups excluding tert-OH is 1. The van der Waals surface area contributed by atoms with E-state index in [2.05, 4.69) is 0 Å². The molecule has 2 heterocycles. The predicted octanol–water partition coefficient (Wildman–Crippen LogP) is 3.98. The van der Waals surface area contributed by atoms with Crippen LogP contribution in [0.15, 0.2) is 53.4 Å². The van der Waals surface area contributed by atoms with Gasteiger partial charge in [-0.3, -0.25) is 4.21 Å². The van der Waals surface area contributed by atoms with E-state index in [0.717, 1.165) is 45.8 Å². The van der Waals surface area contributed by atoms with Crippen molar-refractivity contribution in [3.05, 3.63) is 76.1 Å². The van der Waals surface area contributed by atoms with E-state index in [9.17, 15) is 4.21 Å². The van der Waals surface area contributed by atoms with Crippen molar-refractivity contribution in [3.8, 4) is 11.4 Å². The number of fused-ring (bicyclic) bond motifs is 1. The number of hydrogen-bond donors (Lipinski definition) is 1. The second kappa shape index (κ2) is 8.52. The topological polar surface area (TPSA) is 63.1 Å². The molecule has 3 aromatic rings. The number of aryl methyl sites for hydroxylation is 1.